The minimum Gasteiger partial charge on any atom is -0.303 e. The van der Waals surface area contributed by atoms with E-state index in [0.717, 1.165) is 6.29 Å². The number of carbonyl (C=O) groups is 1. The van der Waals surface area contributed by atoms with Crippen LogP contribution in [0.1, 0.15) is 27.7 Å². The third kappa shape index (κ3) is 1.19. The van der Waals surface area contributed by atoms with Gasteiger partial charge in [-0.15, -0.1) is 0 Å². The Morgan fingerprint density at radius 1 is 1.09 bits per heavy atom. The quantitative estimate of drug-likeness (QED) is 0.531. The second-order valence-electron chi connectivity index (χ2n) is 4.12. The third-order valence-electron chi connectivity index (χ3n) is 2.22. The minimum atomic E-state index is -0.314. The Hall–Kier alpha value is -0.730. The first-order valence-corrected chi connectivity index (χ1v) is 3.79. The molecule has 11 heavy (non-hydrogen) atoms. The molecule has 62 valence electrons. The summed E-state index contributed by atoms with van der Waals surface area (Å²) in [6, 6.07) is 0. The number of rotatable bonds is 1. The maximum Gasteiger partial charge on any atom is 0.128 e. The second kappa shape index (κ2) is 2.13. The summed E-state index contributed by atoms with van der Waals surface area (Å²) in [6.07, 6.45) is 0.958. The standard InChI is InChI=1S/C8H14N2O/c1-7(2)6(5-11)8(3,4)10-9-7/h5-6H,1-4H3. The van der Waals surface area contributed by atoms with E-state index < -0.39 is 0 Å². The molecule has 0 aliphatic carbocycles. The molecular formula is C8H14N2O. The summed E-state index contributed by atoms with van der Waals surface area (Å²) >= 11 is 0. The normalized spacial score (nSPS) is 27.3. The molecule has 0 aromatic rings. The molecule has 0 fully saturated rings. The highest BCUT2D eigenvalue weighted by atomic mass is 16.1. The van der Waals surface area contributed by atoms with Gasteiger partial charge in [-0.2, -0.15) is 10.2 Å². The van der Waals surface area contributed by atoms with Crippen LogP contribution in [-0.4, -0.2) is 17.4 Å². The maximum atomic E-state index is 10.7. The van der Waals surface area contributed by atoms with Crippen LogP contribution in [0.25, 0.3) is 0 Å². The molecule has 0 saturated heterocycles. The largest absolute Gasteiger partial charge is 0.303 e. The van der Waals surface area contributed by atoms with Gasteiger partial charge in [-0.05, 0) is 27.7 Å². The molecule has 0 aromatic heterocycles. The summed E-state index contributed by atoms with van der Waals surface area (Å²) in [5.74, 6) is -0.0880. The molecule has 1 heterocycles. The molecule has 1 aliphatic rings. The summed E-state index contributed by atoms with van der Waals surface area (Å²) in [7, 11) is 0. The Labute approximate surface area is 66.9 Å². The van der Waals surface area contributed by atoms with Crippen LogP contribution in [0.5, 0.6) is 0 Å². The number of nitrogens with zero attached hydrogens (tertiary/aromatic N) is 2. The molecule has 3 heteroatoms. The zero-order valence-corrected chi connectivity index (χ0v) is 7.46. The first-order chi connectivity index (χ1) is 4.90. The predicted molar refractivity (Wildman–Crippen MR) is 42.6 cm³/mol. The summed E-state index contributed by atoms with van der Waals surface area (Å²) in [5.41, 5.74) is -0.628. The minimum absolute atomic E-state index is 0.0880. The molecule has 0 N–H and O–H groups in total. The van der Waals surface area contributed by atoms with E-state index in [-0.39, 0.29) is 17.0 Å². The number of aldehydes is 1. The number of hydrogen-bond acceptors (Lipinski definition) is 3. The Morgan fingerprint density at radius 2 is 1.45 bits per heavy atom. The lowest BCUT2D eigenvalue weighted by atomic mass is 9.78. The van der Waals surface area contributed by atoms with E-state index in [0.29, 0.717) is 0 Å². The molecule has 1 rings (SSSR count). The molecule has 0 atom stereocenters. The number of azo groups is 1. The van der Waals surface area contributed by atoms with Gasteiger partial charge in [-0.1, -0.05) is 0 Å². The summed E-state index contributed by atoms with van der Waals surface area (Å²) in [4.78, 5) is 10.7. The maximum absolute atomic E-state index is 10.7. The van der Waals surface area contributed by atoms with Crippen LogP contribution in [0.15, 0.2) is 10.2 Å². The fourth-order valence-electron chi connectivity index (χ4n) is 1.58. The van der Waals surface area contributed by atoms with E-state index in [1.165, 1.54) is 0 Å². The zero-order valence-electron chi connectivity index (χ0n) is 7.46. The van der Waals surface area contributed by atoms with E-state index in [1.54, 1.807) is 0 Å². The third-order valence-corrected chi connectivity index (χ3v) is 2.22. The lowest BCUT2D eigenvalue weighted by Crippen LogP contribution is -2.38. The average molecular weight is 154 g/mol. The Morgan fingerprint density at radius 3 is 1.64 bits per heavy atom. The highest BCUT2D eigenvalue weighted by Crippen LogP contribution is 2.38. The van der Waals surface area contributed by atoms with Crippen LogP contribution in [0.2, 0.25) is 0 Å². The summed E-state index contributed by atoms with van der Waals surface area (Å²) in [5, 5.41) is 8.13. The Bertz CT molecular complexity index is 188. The van der Waals surface area contributed by atoms with Gasteiger partial charge in [0.1, 0.15) is 6.29 Å². The van der Waals surface area contributed by atoms with Crippen LogP contribution in [0.3, 0.4) is 0 Å². The van der Waals surface area contributed by atoms with Gasteiger partial charge >= 0.3 is 0 Å². The predicted octanol–water partition coefficient (Wildman–Crippen LogP) is 1.82. The first-order valence-electron chi connectivity index (χ1n) is 3.79. The lowest BCUT2D eigenvalue weighted by molar-refractivity contribution is -0.113. The van der Waals surface area contributed by atoms with Crippen molar-refractivity contribution < 1.29 is 4.79 Å². The van der Waals surface area contributed by atoms with Gasteiger partial charge in [-0.25, -0.2) is 0 Å². The topological polar surface area (TPSA) is 41.8 Å². The van der Waals surface area contributed by atoms with Crippen LogP contribution >= 0.6 is 0 Å². The van der Waals surface area contributed by atoms with Crippen molar-refractivity contribution in [2.24, 2.45) is 16.1 Å². The number of carbonyl (C=O) groups excluding carboxylic acids is 1. The zero-order chi connectivity index (χ0) is 8.70. The van der Waals surface area contributed by atoms with Gasteiger partial charge < -0.3 is 4.79 Å². The molecule has 0 bridgehead atoms. The molecular weight excluding hydrogens is 140 g/mol. The van der Waals surface area contributed by atoms with Gasteiger partial charge in [0.25, 0.3) is 0 Å². The Kier molecular flexibility index (Phi) is 1.62. The van der Waals surface area contributed by atoms with Gasteiger partial charge in [0.05, 0.1) is 17.0 Å². The highest BCUT2D eigenvalue weighted by Gasteiger charge is 2.46. The van der Waals surface area contributed by atoms with Crippen molar-refractivity contribution in [1.82, 2.24) is 0 Å². The SMILES string of the molecule is CC1(C)N=NC(C)(C)C1C=O. The van der Waals surface area contributed by atoms with E-state index in [4.69, 9.17) is 0 Å². The summed E-state index contributed by atoms with van der Waals surface area (Å²) in [6.45, 7) is 7.74. The van der Waals surface area contributed by atoms with Crippen molar-refractivity contribution in [2.75, 3.05) is 0 Å². The fourth-order valence-corrected chi connectivity index (χ4v) is 1.58. The molecule has 0 amide bonds. The van der Waals surface area contributed by atoms with Gasteiger partial charge in [-0.3, -0.25) is 0 Å². The van der Waals surface area contributed by atoms with Crippen LogP contribution in [-0.2, 0) is 4.79 Å². The van der Waals surface area contributed by atoms with E-state index >= 15 is 0 Å². The van der Waals surface area contributed by atoms with Crippen LogP contribution in [0.4, 0.5) is 0 Å². The molecule has 0 unspecified atom stereocenters. The molecule has 0 aromatic carbocycles. The van der Waals surface area contributed by atoms with E-state index in [2.05, 4.69) is 10.2 Å². The monoisotopic (exact) mass is 154 g/mol. The molecule has 3 nitrogen and oxygen atoms in total. The molecule has 0 spiro atoms. The fraction of sp³-hybridized carbons (Fsp3) is 0.875. The van der Waals surface area contributed by atoms with E-state index in [9.17, 15) is 4.79 Å². The van der Waals surface area contributed by atoms with Crippen LogP contribution in [0, 0.1) is 5.92 Å². The Balaban J connectivity index is 2.97. The molecule has 1 aliphatic heterocycles. The first kappa shape index (κ1) is 8.37. The van der Waals surface area contributed by atoms with Gasteiger partial charge in [0, 0.05) is 0 Å². The van der Waals surface area contributed by atoms with E-state index in [1.807, 2.05) is 27.7 Å². The van der Waals surface area contributed by atoms with Crippen LogP contribution < -0.4 is 0 Å². The van der Waals surface area contributed by atoms with Crippen molar-refractivity contribution in [3.8, 4) is 0 Å². The van der Waals surface area contributed by atoms with Crippen molar-refractivity contribution in [2.45, 2.75) is 38.8 Å². The van der Waals surface area contributed by atoms with Gasteiger partial charge in [0.2, 0.25) is 0 Å². The average Bonchev–Trinajstić information content (AvgIpc) is 2.03. The summed E-state index contributed by atoms with van der Waals surface area (Å²) < 4.78 is 0. The molecule has 0 radical (unpaired) electrons. The number of hydrogen-bond donors (Lipinski definition) is 0. The van der Waals surface area contributed by atoms with Crippen molar-refractivity contribution in [1.29, 1.82) is 0 Å². The van der Waals surface area contributed by atoms with Gasteiger partial charge in [0.15, 0.2) is 0 Å². The van der Waals surface area contributed by atoms with Crippen molar-refractivity contribution >= 4 is 6.29 Å². The highest BCUT2D eigenvalue weighted by molar-refractivity contribution is 5.59. The molecule has 0 saturated carbocycles. The second-order valence-corrected chi connectivity index (χ2v) is 4.12. The van der Waals surface area contributed by atoms with Crippen molar-refractivity contribution in [3.63, 3.8) is 0 Å². The lowest BCUT2D eigenvalue weighted by Gasteiger charge is -2.25. The smallest absolute Gasteiger partial charge is 0.128 e. The van der Waals surface area contributed by atoms with Crippen molar-refractivity contribution in [3.05, 3.63) is 0 Å².